The van der Waals surface area contributed by atoms with E-state index in [1.54, 1.807) is 12.1 Å². The lowest BCUT2D eigenvalue weighted by Gasteiger charge is -2.10. The number of halogens is 3. The Labute approximate surface area is 121 Å². The van der Waals surface area contributed by atoms with Crippen LogP contribution in [0.5, 0.6) is 5.75 Å². The van der Waals surface area contributed by atoms with Gasteiger partial charge in [0.05, 0.1) is 15.8 Å². The van der Waals surface area contributed by atoms with Crippen LogP contribution in [0.3, 0.4) is 0 Å². The van der Waals surface area contributed by atoms with Gasteiger partial charge in [-0.15, -0.1) is 11.3 Å². The number of hydrogen-bond donors (Lipinski definition) is 0. The van der Waals surface area contributed by atoms with Gasteiger partial charge >= 0.3 is 0 Å². The Hall–Kier alpha value is -1.27. The highest BCUT2D eigenvalue weighted by atomic mass is 79.9. The summed E-state index contributed by atoms with van der Waals surface area (Å²) in [5, 5.41) is 0. The molecule has 0 bridgehead atoms. The van der Waals surface area contributed by atoms with Crippen molar-refractivity contribution in [3.05, 3.63) is 49.6 Å². The van der Waals surface area contributed by atoms with Gasteiger partial charge in [-0.05, 0) is 41.1 Å². The molecule has 0 fully saturated rings. The third-order valence-corrected chi connectivity index (χ3v) is 4.29. The zero-order chi connectivity index (χ0) is 14.2. The van der Waals surface area contributed by atoms with E-state index in [-0.39, 0.29) is 22.7 Å². The normalized spacial score (nSPS) is 10.6. The standard InChI is InChI=1S/C13H9BrF2O2S/c1-6-7(5-8(15)11(16)13(6)18-2)12(17)9-3-4-10(14)19-9/h3-5H,1-2H3. The van der Waals surface area contributed by atoms with Crippen LogP contribution in [0.4, 0.5) is 8.78 Å². The molecule has 0 atom stereocenters. The first-order valence-electron chi connectivity index (χ1n) is 5.28. The van der Waals surface area contributed by atoms with Crippen molar-refractivity contribution >= 4 is 33.0 Å². The monoisotopic (exact) mass is 346 g/mol. The van der Waals surface area contributed by atoms with Gasteiger partial charge in [0.2, 0.25) is 11.6 Å². The molecular formula is C13H9BrF2O2S. The van der Waals surface area contributed by atoms with Crippen molar-refractivity contribution in [3.63, 3.8) is 0 Å². The molecule has 0 aliphatic carbocycles. The molecule has 0 saturated heterocycles. The van der Waals surface area contributed by atoms with E-state index in [0.717, 1.165) is 9.85 Å². The molecule has 2 aromatic rings. The highest BCUT2D eigenvalue weighted by Gasteiger charge is 2.22. The fourth-order valence-corrected chi connectivity index (χ4v) is 3.08. The van der Waals surface area contributed by atoms with Crippen LogP contribution in [-0.2, 0) is 0 Å². The van der Waals surface area contributed by atoms with Crippen LogP contribution in [-0.4, -0.2) is 12.9 Å². The second-order valence-corrected chi connectivity index (χ2v) is 6.27. The molecule has 0 aliphatic heterocycles. The van der Waals surface area contributed by atoms with Crippen molar-refractivity contribution in [2.24, 2.45) is 0 Å². The number of methoxy groups -OCH3 is 1. The summed E-state index contributed by atoms with van der Waals surface area (Å²) in [5.74, 6) is -2.77. The molecule has 2 nitrogen and oxygen atoms in total. The van der Waals surface area contributed by atoms with E-state index in [0.29, 0.717) is 4.88 Å². The molecular weight excluding hydrogens is 338 g/mol. The predicted molar refractivity (Wildman–Crippen MR) is 73.1 cm³/mol. The highest BCUT2D eigenvalue weighted by Crippen LogP contribution is 2.31. The number of carbonyl (C=O) groups excluding carboxylic acids is 1. The number of carbonyl (C=O) groups is 1. The Bertz CT molecular complexity index is 652. The Kier molecular flexibility index (Phi) is 4.01. The quantitative estimate of drug-likeness (QED) is 0.773. The van der Waals surface area contributed by atoms with E-state index < -0.39 is 11.6 Å². The second kappa shape index (κ2) is 5.38. The lowest BCUT2D eigenvalue weighted by atomic mass is 10.0. The molecule has 0 spiro atoms. The predicted octanol–water partition coefficient (Wildman–Crippen LogP) is 4.34. The van der Waals surface area contributed by atoms with Crippen LogP contribution in [0, 0.1) is 18.6 Å². The van der Waals surface area contributed by atoms with Gasteiger partial charge in [-0.3, -0.25) is 4.79 Å². The maximum Gasteiger partial charge on any atom is 0.203 e. The third kappa shape index (κ3) is 2.55. The minimum atomic E-state index is -1.10. The smallest absolute Gasteiger partial charge is 0.203 e. The lowest BCUT2D eigenvalue weighted by Crippen LogP contribution is -2.06. The van der Waals surface area contributed by atoms with Gasteiger partial charge in [0.25, 0.3) is 0 Å². The summed E-state index contributed by atoms with van der Waals surface area (Å²) in [6.07, 6.45) is 0. The Morgan fingerprint density at radius 2 is 2.05 bits per heavy atom. The van der Waals surface area contributed by atoms with Gasteiger partial charge in [0.1, 0.15) is 0 Å². The van der Waals surface area contributed by atoms with Gasteiger partial charge < -0.3 is 4.74 Å². The molecule has 0 aliphatic rings. The Morgan fingerprint density at radius 1 is 1.37 bits per heavy atom. The summed E-state index contributed by atoms with van der Waals surface area (Å²) in [6.45, 7) is 1.53. The number of benzene rings is 1. The molecule has 19 heavy (non-hydrogen) atoms. The van der Waals surface area contributed by atoms with E-state index in [1.165, 1.54) is 25.4 Å². The van der Waals surface area contributed by atoms with Gasteiger partial charge in [-0.25, -0.2) is 4.39 Å². The maximum absolute atomic E-state index is 13.5. The lowest BCUT2D eigenvalue weighted by molar-refractivity contribution is 0.104. The molecule has 1 aromatic carbocycles. The fraction of sp³-hybridized carbons (Fsp3) is 0.154. The van der Waals surface area contributed by atoms with Crippen LogP contribution < -0.4 is 4.74 Å². The minimum absolute atomic E-state index is 0.102. The summed E-state index contributed by atoms with van der Waals surface area (Å²) < 4.78 is 32.6. The third-order valence-electron chi connectivity index (χ3n) is 2.67. The molecule has 1 aromatic heterocycles. The van der Waals surface area contributed by atoms with E-state index in [1.807, 2.05) is 0 Å². The van der Waals surface area contributed by atoms with Crippen LogP contribution >= 0.6 is 27.3 Å². The topological polar surface area (TPSA) is 26.3 Å². The number of hydrogen-bond acceptors (Lipinski definition) is 3. The van der Waals surface area contributed by atoms with Crippen molar-refractivity contribution in [3.8, 4) is 5.75 Å². The maximum atomic E-state index is 13.5. The van der Waals surface area contributed by atoms with Gasteiger partial charge in [-0.1, -0.05) is 0 Å². The van der Waals surface area contributed by atoms with E-state index in [4.69, 9.17) is 4.74 Å². The molecule has 0 radical (unpaired) electrons. The van der Waals surface area contributed by atoms with Gasteiger partial charge in [0.15, 0.2) is 11.6 Å². The summed E-state index contributed by atoms with van der Waals surface area (Å²) in [6, 6.07) is 4.26. The Balaban J connectivity index is 2.57. The van der Waals surface area contributed by atoms with Crippen LogP contribution in [0.25, 0.3) is 0 Å². The van der Waals surface area contributed by atoms with E-state index >= 15 is 0 Å². The molecule has 6 heteroatoms. The number of rotatable bonds is 3. The summed E-state index contributed by atoms with van der Waals surface area (Å²) in [7, 11) is 1.24. The number of ether oxygens (including phenoxy) is 1. The molecule has 2 rings (SSSR count). The van der Waals surface area contributed by atoms with Crippen molar-refractivity contribution < 1.29 is 18.3 Å². The van der Waals surface area contributed by atoms with Crippen LogP contribution in [0.1, 0.15) is 20.8 Å². The molecule has 0 saturated carbocycles. The van der Waals surface area contributed by atoms with E-state index in [2.05, 4.69) is 15.9 Å². The largest absolute Gasteiger partial charge is 0.493 e. The minimum Gasteiger partial charge on any atom is -0.493 e. The first-order valence-corrected chi connectivity index (χ1v) is 6.89. The van der Waals surface area contributed by atoms with Crippen LogP contribution in [0.2, 0.25) is 0 Å². The zero-order valence-corrected chi connectivity index (χ0v) is 12.5. The van der Waals surface area contributed by atoms with Crippen molar-refractivity contribution in [2.75, 3.05) is 7.11 Å². The zero-order valence-electron chi connectivity index (χ0n) is 10.1. The summed E-state index contributed by atoms with van der Waals surface area (Å²) in [4.78, 5) is 12.7. The molecule has 0 N–H and O–H groups in total. The number of thiophene rings is 1. The van der Waals surface area contributed by atoms with Crippen molar-refractivity contribution in [1.82, 2.24) is 0 Å². The average molecular weight is 347 g/mol. The average Bonchev–Trinajstić information content (AvgIpc) is 2.80. The SMILES string of the molecule is COc1c(C)c(C(=O)c2ccc(Br)s2)cc(F)c1F. The molecule has 1 heterocycles. The first-order chi connectivity index (χ1) is 8.95. The Morgan fingerprint density at radius 3 is 2.58 bits per heavy atom. The fourth-order valence-electron chi connectivity index (χ4n) is 1.74. The first kappa shape index (κ1) is 14.1. The number of ketones is 1. The van der Waals surface area contributed by atoms with E-state index in [9.17, 15) is 13.6 Å². The van der Waals surface area contributed by atoms with Crippen LogP contribution in [0.15, 0.2) is 22.0 Å². The summed E-state index contributed by atoms with van der Waals surface area (Å²) >= 11 is 4.49. The van der Waals surface area contributed by atoms with Gasteiger partial charge in [0, 0.05) is 11.1 Å². The van der Waals surface area contributed by atoms with Gasteiger partial charge in [-0.2, -0.15) is 4.39 Å². The van der Waals surface area contributed by atoms with Crippen molar-refractivity contribution in [1.29, 1.82) is 0 Å². The molecule has 100 valence electrons. The second-order valence-electron chi connectivity index (χ2n) is 3.81. The highest BCUT2D eigenvalue weighted by molar-refractivity contribution is 9.11. The van der Waals surface area contributed by atoms with Crippen molar-refractivity contribution in [2.45, 2.75) is 6.92 Å². The molecule has 0 unspecified atom stereocenters. The molecule has 0 amide bonds. The summed E-state index contributed by atoms with van der Waals surface area (Å²) in [5.41, 5.74) is 0.390.